The monoisotopic (exact) mass is 263 g/mol. The second kappa shape index (κ2) is 5.51. The fourth-order valence-corrected chi connectivity index (χ4v) is 1.63. The molecule has 0 aliphatic carbocycles. The first kappa shape index (κ1) is 13.1. The first-order valence-corrected chi connectivity index (χ1v) is 6.12. The Morgan fingerprint density at radius 3 is 3.05 bits per heavy atom. The lowest BCUT2D eigenvalue weighted by Gasteiger charge is -2.14. The molecule has 0 spiro atoms. The number of aromatic nitrogens is 4. The molecule has 0 saturated heterocycles. The zero-order valence-corrected chi connectivity index (χ0v) is 10.9. The number of rotatable bonds is 5. The Kier molecular flexibility index (Phi) is 3.79. The fourth-order valence-electron chi connectivity index (χ4n) is 1.63. The predicted octanol–water partition coefficient (Wildman–Crippen LogP) is 0.262. The molecule has 0 aliphatic heterocycles. The summed E-state index contributed by atoms with van der Waals surface area (Å²) in [6, 6.07) is -0.418. The first-order valence-electron chi connectivity index (χ1n) is 6.12. The van der Waals surface area contributed by atoms with Crippen LogP contribution in [0, 0.1) is 0 Å². The lowest BCUT2D eigenvalue weighted by Crippen LogP contribution is -2.38. The molecule has 0 aliphatic rings. The van der Waals surface area contributed by atoms with Gasteiger partial charge in [0.2, 0.25) is 11.9 Å². The molecule has 102 valence electrons. The van der Waals surface area contributed by atoms with E-state index in [1.165, 1.54) is 0 Å². The van der Waals surface area contributed by atoms with Crippen LogP contribution in [0.1, 0.15) is 20.3 Å². The molecule has 1 atom stereocenters. The van der Waals surface area contributed by atoms with Crippen LogP contribution in [0.2, 0.25) is 0 Å². The number of fused-ring (bicyclic) bond motifs is 1. The van der Waals surface area contributed by atoms with Crippen molar-refractivity contribution >= 4 is 28.7 Å². The highest BCUT2D eigenvalue weighted by Gasteiger charge is 2.15. The predicted molar refractivity (Wildman–Crippen MR) is 72.5 cm³/mol. The molecule has 0 saturated carbocycles. The molecule has 8 nitrogen and oxygen atoms in total. The third kappa shape index (κ3) is 2.90. The molecular weight excluding hydrogens is 246 g/mol. The largest absolute Gasteiger partial charge is 0.368 e. The summed E-state index contributed by atoms with van der Waals surface area (Å²) in [5, 5.41) is 13.1. The van der Waals surface area contributed by atoms with E-state index in [9.17, 15) is 4.79 Å². The summed E-state index contributed by atoms with van der Waals surface area (Å²) in [4.78, 5) is 19.9. The van der Waals surface area contributed by atoms with Crippen molar-refractivity contribution in [3.63, 3.8) is 0 Å². The summed E-state index contributed by atoms with van der Waals surface area (Å²) >= 11 is 0. The van der Waals surface area contributed by atoms with Crippen LogP contribution in [-0.4, -0.2) is 38.7 Å². The SMILES string of the molecule is CCCNC(=O)C(C)Nc1nc(N)nc2[nH]ncc12. The van der Waals surface area contributed by atoms with E-state index in [1.54, 1.807) is 13.1 Å². The molecule has 1 amide bonds. The van der Waals surface area contributed by atoms with Crippen molar-refractivity contribution in [1.29, 1.82) is 0 Å². The molecule has 19 heavy (non-hydrogen) atoms. The Morgan fingerprint density at radius 1 is 1.53 bits per heavy atom. The molecule has 2 rings (SSSR count). The molecule has 8 heteroatoms. The quantitative estimate of drug-likeness (QED) is 0.614. The highest BCUT2D eigenvalue weighted by Crippen LogP contribution is 2.19. The number of nitrogens with zero attached hydrogens (tertiary/aromatic N) is 3. The average molecular weight is 263 g/mol. The number of amides is 1. The number of aromatic amines is 1. The van der Waals surface area contributed by atoms with Gasteiger partial charge in [-0.15, -0.1) is 0 Å². The Morgan fingerprint density at radius 2 is 2.32 bits per heavy atom. The van der Waals surface area contributed by atoms with Gasteiger partial charge in [0.1, 0.15) is 11.9 Å². The van der Waals surface area contributed by atoms with Crippen molar-refractivity contribution in [3.05, 3.63) is 6.20 Å². The topological polar surface area (TPSA) is 122 Å². The normalized spacial score (nSPS) is 12.3. The van der Waals surface area contributed by atoms with Gasteiger partial charge in [0, 0.05) is 6.54 Å². The smallest absolute Gasteiger partial charge is 0.242 e. The van der Waals surface area contributed by atoms with E-state index in [-0.39, 0.29) is 11.9 Å². The molecule has 2 heterocycles. The minimum absolute atomic E-state index is 0.0873. The van der Waals surface area contributed by atoms with Crippen molar-refractivity contribution < 1.29 is 4.79 Å². The number of anilines is 2. The van der Waals surface area contributed by atoms with Crippen LogP contribution in [0.25, 0.3) is 11.0 Å². The highest BCUT2D eigenvalue weighted by atomic mass is 16.2. The minimum atomic E-state index is -0.418. The Balaban J connectivity index is 2.16. The molecule has 1 unspecified atom stereocenters. The maximum absolute atomic E-state index is 11.8. The average Bonchev–Trinajstić information content (AvgIpc) is 2.83. The van der Waals surface area contributed by atoms with Gasteiger partial charge in [-0.25, -0.2) is 0 Å². The summed E-state index contributed by atoms with van der Waals surface area (Å²) in [5.74, 6) is 0.534. The van der Waals surface area contributed by atoms with Crippen LogP contribution in [0.3, 0.4) is 0 Å². The number of hydrogen-bond donors (Lipinski definition) is 4. The summed E-state index contributed by atoms with van der Waals surface area (Å²) in [6.45, 7) is 4.41. The Hall–Kier alpha value is -2.38. The Labute approximate surface area is 110 Å². The van der Waals surface area contributed by atoms with Gasteiger partial charge in [-0.1, -0.05) is 6.92 Å². The van der Waals surface area contributed by atoms with Crippen molar-refractivity contribution in [2.24, 2.45) is 0 Å². The Bertz CT molecular complexity index is 579. The van der Waals surface area contributed by atoms with Gasteiger partial charge in [-0.05, 0) is 13.3 Å². The zero-order valence-electron chi connectivity index (χ0n) is 10.9. The second-order valence-electron chi connectivity index (χ2n) is 4.22. The van der Waals surface area contributed by atoms with Crippen molar-refractivity contribution in [2.45, 2.75) is 26.3 Å². The summed E-state index contributed by atoms with van der Waals surface area (Å²) in [6.07, 6.45) is 2.48. The van der Waals surface area contributed by atoms with Crippen LogP contribution in [0.4, 0.5) is 11.8 Å². The van der Waals surface area contributed by atoms with E-state index in [0.29, 0.717) is 23.4 Å². The third-order valence-electron chi connectivity index (χ3n) is 2.62. The number of hydrogen-bond acceptors (Lipinski definition) is 6. The first-order chi connectivity index (χ1) is 9.11. The molecule has 0 aromatic carbocycles. The lowest BCUT2D eigenvalue weighted by atomic mass is 10.3. The molecular formula is C11H17N7O. The molecule has 0 fully saturated rings. The number of carbonyl (C=O) groups is 1. The lowest BCUT2D eigenvalue weighted by molar-refractivity contribution is -0.121. The van der Waals surface area contributed by atoms with Gasteiger partial charge in [0.25, 0.3) is 0 Å². The summed E-state index contributed by atoms with van der Waals surface area (Å²) in [5.41, 5.74) is 6.14. The van der Waals surface area contributed by atoms with Crippen molar-refractivity contribution in [3.8, 4) is 0 Å². The summed E-state index contributed by atoms with van der Waals surface area (Å²) < 4.78 is 0. The van der Waals surface area contributed by atoms with Gasteiger partial charge >= 0.3 is 0 Å². The van der Waals surface area contributed by atoms with E-state index >= 15 is 0 Å². The second-order valence-corrected chi connectivity index (χ2v) is 4.22. The maximum Gasteiger partial charge on any atom is 0.242 e. The number of nitrogen functional groups attached to an aromatic ring is 1. The zero-order chi connectivity index (χ0) is 13.8. The van der Waals surface area contributed by atoms with Crippen LogP contribution < -0.4 is 16.4 Å². The van der Waals surface area contributed by atoms with Crippen molar-refractivity contribution in [1.82, 2.24) is 25.5 Å². The van der Waals surface area contributed by atoms with Crippen molar-refractivity contribution in [2.75, 3.05) is 17.6 Å². The van der Waals surface area contributed by atoms with E-state index in [0.717, 1.165) is 6.42 Å². The van der Waals surface area contributed by atoms with Crippen LogP contribution in [-0.2, 0) is 4.79 Å². The van der Waals surface area contributed by atoms with Gasteiger partial charge in [-0.2, -0.15) is 15.1 Å². The molecule has 2 aromatic rings. The van der Waals surface area contributed by atoms with Gasteiger partial charge in [0.05, 0.1) is 11.6 Å². The number of H-pyrrole nitrogens is 1. The van der Waals surface area contributed by atoms with Crippen LogP contribution in [0.5, 0.6) is 0 Å². The van der Waals surface area contributed by atoms with Gasteiger partial charge in [-0.3, -0.25) is 9.89 Å². The van der Waals surface area contributed by atoms with E-state index in [4.69, 9.17) is 5.73 Å². The molecule has 0 radical (unpaired) electrons. The van der Waals surface area contributed by atoms with Gasteiger partial charge in [0.15, 0.2) is 5.65 Å². The van der Waals surface area contributed by atoms with Crippen LogP contribution >= 0.6 is 0 Å². The van der Waals surface area contributed by atoms with E-state index < -0.39 is 6.04 Å². The van der Waals surface area contributed by atoms with E-state index in [1.807, 2.05) is 6.92 Å². The highest BCUT2D eigenvalue weighted by molar-refractivity contribution is 5.90. The minimum Gasteiger partial charge on any atom is -0.368 e. The number of nitrogens with two attached hydrogens (primary N) is 1. The number of carbonyl (C=O) groups excluding carboxylic acids is 1. The standard InChI is InChI=1S/C11H17N7O/c1-3-4-13-10(19)6(2)15-8-7-5-14-18-9(7)17-11(12)16-8/h5-6H,3-4H2,1-2H3,(H,13,19)(H4,12,14,15,16,17,18). The fraction of sp³-hybridized carbons (Fsp3) is 0.455. The maximum atomic E-state index is 11.8. The number of nitrogens with one attached hydrogen (secondary N) is 3. The van der Waals surface area contributed by atoms with Gasteiger partial charge < -0.3 is 16.4 Å². The molecule has 5 N–H and O–H groups in total. The molecule has 2 aromatic heterocycles. The van der Waals surface area contributed by atoms with E-state index in [2.05, 4.69) is 30.8 Å². The third-order valence-corrected chi connectivity index (χ3v) is 2.62. The summed E-state index contributed by atoms with van der Waals surface area (Å²) in [7, 11) is 0. The molecule has 0 bridgehead atoms. The van der Waals surface area contributed by atoms with Crippen LogP contribution in [0.15, 0.2) is 6.20 Å².